The van der Waals surface area contributed by atoms with Crippen LogP contribution in [0.4, 0.5) is 5.69 Å². The molecule has 1 aliphatic carbocycles. The first-order chi connectivity index (χ1) is 8.63. The minimum atomic E-state index is 0.0806. The van der Waals surface area contributed by atoms with Gasteiger partial charge >= 0.3 is 0 Å². The van der Waals surface area contributed by atoms with Crippen molar-refractivity contribution in [2.45, 2.75) is 38.5 Å². The second-order valence-corrected chi connectivity index (χ2v) is 4.80. The molecule has 1 amide bonds. The van der Waals surface area contributed by atoms with Crippen LogP contribution in [0.25, 0.3) is 0 Å². The van der Waals surface area contributed by atoms with Crippen LogP contribution in [0.15, 0.2) is 12.1 Å². The Balaban J connectivity index is 2.03. The fourth-order valence-electron chi connectivity index (χ4n) is 2.64. The van der Waals surface area contributed by atoms with Gasteiger partial charge in [0.15, 0.2) is 0 Å². The number of carbonyl (C=O) groups is 1. The van der Waals surface area contributed by atoms with Crippen LogP contribution in [0.3, 0.4) is 0 Å². The van der Waals surface area contributed by atoms with Gasteiger partial charge in [-0.05, 0) is 42.4 Å². The summed E-state index contributed by atoms with van der Waals surface area (Å²) < 4.78 is 0. The highest BCUT2D eigenvalue weighted by Crippen LogP contribution is 2.42. The second-order valence-electron chi connectivity index (χ2n) is 4.80. The number of aromatic hydroxyl groups is 1. The van der Waals surface area contributed by atoms with Crippen LogP contribution in [-0.4, -0.2) is 17.6 Å². The predicted octanol–water partition coefficient (Wildman–Crippen LogP) is 1.92. The molecule has 4 N–H and O–H groups in total. The number of hydrogen-bond acceptors (Lipinski definition) is 3. The minimum Gasteiger partial charge on any atom is -0.506 e. The molecule has 1 aromatic rings. The molecule has 1 aromatic carbocycles. The molecule has 0 unspecified atom stereocenters. The normalized spacial score (nSPS) is 17.5. The molecule has 4 heteroatoms. The molecule has 0 radical (unpaired) electrons. The van der Waals surface area contributed by atoms with Crippen molar-refractivity contribution in [1.82, 2.24) is 5.32 Å². The van der Waals surface area contributed by atoms with Crippen molar-refractivity contribution in [3.63, 3.8) is 0 Å². The van der Waals surface area contributed by atoms with Gasteiger partial charge in [-0.15, -0.1) is 0 Å². The summed E-state index contributed by atoms with van der Waals surface area (Å²) in [5.74, 6) is 0.597. The number of carbonyl (C=O) groups excluding carboxylic acids is 1. The first kappa shape index (κ1) is 12.7. The zero-order valence-corrected chi connectivity index (χ0v) is 10.7. The topological polar surface area (TPSA) is 75.3 Å². The number of benzene rings is 1. The van der Waals surface area contributed by atoms with Gasteiger partial charge in [0, 0.05) is 13.0 Å². The Labute approximate surface area is 107 Å². The van der Waals surface area contributed by atoms with Crippen LogP contribution >= 0.6 is 0 Å². The van der Waals surface area contributed by atoms with Crippen LogP contribution < -0.4 is 11.1 Å². The third-order valence-corrected chi connectivity index (χ3v) is 3.66. The maximum atomic E-state index is 11.2. The Morgan fingerprint density at radius 1 is 1.56 bits per heavy atom. The Morgan fingerprint density at radius 3 is 3.06 bits per heavy atom. The summed E-state index contributed by atoms with van der Waals surface area (Å²) in [7, 11) is 0. The molecule has 98 valence electrons. The zero-order chi connectivity index (χ0) is 13.1. The zero-order valence-electron chi connectivity index (χ0n) is 10.7. The van der Waals surface area contributed by atoms with Crippen molar-refractivity contribution in [2.24, 2.45) is 0 Å². The summed E-state index contributed by atoms with van der Waals surface area (Å²) in [5, 5.41) is 12.5. The van der Waals surface area contributed by atoms with Crippen LogP contribution in [0, 0.1) is 0 Å². The largest absolute Gasteiger partial charge is 0.506 e. The van der Waals surface area contributed by atoms with Crippen molar-refractivity contribution in [2.75, 3.05) is 12.3 Å². The first-order valence-corrected chi connectivity index (χ1v) is 6.50. The van der Waals surface area contributed by atoms with Gasteiger partial charge in [0.25, 0.3) is 0 Å². The fraction of sp³-hybridized carbons (Fsp3) is 0.500. The average molecular weight is 248 g/mol. The molecular formula is C14H20N2O2. The summed E-state index contributed by atoms with van der Waals surface area (Å²) in [6.07, 6.45) is 3.45. The van der Waals surface area contributed by atoms with E-state index in [0.29, 0.717) is 24.6 Å². The number of anilines is 1. The number of aryl methyl sites for hydroxylation is 1. The summed E-state index contributed by atoms with van der Waals surface area (Å²) >= 11 is 0. The molecule has 2 rings (SSSR count). The maximum absolute atomic E-state index is 11.2. The maximum Gasteiger partial charge on any atom is 0.219 e. The van der Waals surface area contributed by atoms with E-state index >= 15 is 0 Å². The van der Waals surface area contributed by atoms with Crippen LogP contribution in [0.1, 0.15) is 43.2 Å². The lowest BCUT2D eigenvalue weighted by Gasteiger charge is -2.15. The van der Waals surface area contributed by atoms with Gasteiger partial charge in [-0.2, -0.15) is 0 Å². The highest BCUT2D eigenvalue weighted by atomic mass is 16.3. The van der Waals surface area contributed by atoms with Crippen LogP contribution in [-0.2, 0) is 11.2 Å². The van der Waals surface area contributed by atoms with Gasteiger partial charge in [0.1, 0.15) is 5.75 Å². The number of amides is 1. The van der Waals surface area contributed by atoms with Crippen LogP contribution in [0.5, 0.6) is 5.75 Å². The molecule has 18 heavy (non-hydrogen) atoms. The minimum absolute atomic E-state index is 0.0806. The predicted molar refractivity (Wildman–Crippen MR) is 71.5 cm³/mol. The number of phenols is 1. The van der Waals surface area contributed by atoms with Crippen molar-refractivity contribution in [3.8, 4) is 5.75 Å². The monoisotopic (exact) mass is 248 g/mol. The summed E-state index contributed by atoms with van der Waals surface area (Å²) in [6, 6.07) is 3.61. The molecule has 0 aromatic heterocycles. The molecular weight excluding hydrogens is 228 g/mol. The number of hydrogen-bond donors (Lipinski definition) is 3. The molecule has 1 aliphatic rings. The highest BCUT2D eigenvalue weighted by molar-refractivity contribution is 5.75. The average Bonchev–Trinajstić information content (AvgIpc) is 2.77. The summed E-state index contributed by atoms with van der Waals surface area (Å²) in [4.78, 5) is 11.2. The fourth-order valence-corrected chi connectivity index (χ4v) is 2.64. The Morgan fingerprint density at radius 2 is 2.33 bits per heavy atom. The van der Waals surface area contributed by atoms with Crippen LogP contribution in [0.2, 0.25) is 0 Å². The Kier molecular flexibility index (Phi) is 3.75. The summed E-state index contributed by atoms with van der Waals surface area (Å²) in [5.41, 5.74) is 8.77. The van der Waals surface area contributed by atoms with E-state index in [-0.39, 0.29) is 11.7 Å². The highest BCUT2D eigenvalue weighted by Gasteiger charge is 2.25. The SMILES string of the molecule is CCC(=O)NCC[C@H]1CCc2ccc(O)c(N)c21. The standard InChI is InChI=1S/C14H20N2O2/c1-2-12(18)16-8-7-10-4-3-9-5-6-11(17)14(15)13(9)10/h5-6,10,17H,2-4,7-8,15H2,1H3,(H,16,18)/t10-/m1/s1. The van der Waals surface area contributed by atoms with Gasteiger partial charge < -0.3 is 16.2 Å². The van der Waals surface area contributed by atoms with E-state index < -0.39 is 0 Å². The van der Waals surface area contributed by atoms with Gasteiger partial charge in [-0.1, -0.05) is 13.0 Å². The molecule has 0 saturated carbocycles. The van der Waals surface area contributed by atoms with Gasteiger partial charge in [-0.3, -0.25) is 4.79 Å². The lowest BCUT2D eigenvalue weighted by atomic mass is 9.96. The Bertz CT molecular complexity index is 457. The van der Waals surface area contributed by atoms with E-state index in [1.807, 2.05) is 13.0 Å². The van der Waals surface area contributed by atoms with E-state index in [1.54, 1.807) is 6.07 Å². The lowest BCUT2D eigenvalue weighted by Crippen LogP contribution is -2.24. The number of nitrogen functional groups attached to an aromatic ring is 1. The molecule has 4 nitrogen and oxygen atoms in total. The molecule has 0 bridgehead atoms. The summed E-state index contributed by atoms with van der Waals surface area (Å²) in [6.45, 7) is 2.52. The second kappa shape index (κ2) is 5.29. The van der Waals surface area contributed by atoms with Gasteiger partial charge in [0.2, 0.25) is 5.91 Å². The van der Waals surface area contributed by atoms with Crippen molar-refractivity contribution in [1.29, 1.82) is 0 Å². The van der Waals surface area contributed by atoms with Crippen molar-refractivity contribution < 1.29 is 9.90 Å². The third kappa shape index (κ3) is 2.42. The molecule has 0 saturated heterocycles. The smallest absolute Gasteiger partial charge is 0.219 e. The Hall–Kier alpha value is -1.71. The lowest BCUT2D eigenvalue weighted by molar-refractivity contribution is -0.120. The van der Waals surface area contributed by atoms with Gasteiger partial charge in [-0.25, -0.2) is 0 Å². The van der Waals surface area contributed by atoms with E-state index in [2.05, 4.69) is 5.32 Å². The number of nitrogens with two attached hydrogens (primary N) is 1. The first-order valence-electron chi connectivity index (χ1n) is 6.50. The molecule has 0 heterocycles. The quantitative estimate of drug-likeness (QED) is 0.563. The number of fused-ring (bicyclic) bond motifs is 1. The van der Waals surface area contributed by atoms with E-state index in [4.69, 9.17) is 5.73 Å². The number of phenolic OH excluding ortho intramolecular Hbond substituents is 1. The molecule has 0 fully saturated rings. The number of rotatable bonds is 4. The van der Waals surface area contributed by atoms with E-state index in [1.165, 1.54) is 5.56 Å². The number of nitrogens with one attached hydrogen (secondary N) is 1. The van der Waals surface area contributed by atoms with Crippen molar-refractivity contribution >= 4 is 11.6 Å². The van der Waals surface area contributed by atoms with Gasteiger partial charge in [0.05, 0.1) is 5.69 Å². The van der Waals surface area contributed by atoms with E-state index in [9.17, 15) is 9.90 Å². The van der Waals surface area contributed by atoms with E-state index in [0.717, 1.165) is 24.8 Å². The van der Waals surface area contributed by atoms with Crippen molar-refractivity contribution in [3.05, 3.63) is 23.3 Å². The molecule has 0 aliphatic heterocycles. The molecule has 1 atom stereocenters. The molecule has 0 spiro atoms. The third-order valence-electron chi connectivity index (χ3n) is 3.66.